The number of hydrogen-bond donors (Lipinski definition) is 1. The van der Waals surface area contributed by atoms with Crippen LogP contribution in [0.4, 0.5) is 11.4 Å². The van der Waals surface area contributed by atoms with Gasteiger partial charge in [0.25, 0.3) is 5.69 Å². The molecule has 0 aromatic heterocycles. The molecule has 0 bridgehead atoms. The third kappa shape index (κ3) is 2.38. The quantitative estimate of drug-likeness (QED) is 0.681. The van der Waals surface area contributed by atoms with E-state index in [1.54, 1.807) is 12.1 Å². The van der Waals surface area contributed by atoms with Crippen LogP contribution in [0.2, 0.25) is 0 Å². The molecule has 4 rings (SSSR count). The molecule has 1 N–H and O–H groups in total. The lowest BCUT2D eigenvalue weighted by Gasteiger charge is -2.27. The Morgan fingerprint density at radius 3 is 2.48 bits per heavy atom. The first kappa shape index (κ1) is 13.9. The molecule has 0 radical (unpaired) electrons. The summed E-state index contributed by atoms with van der Waals surface area (Å²) in [4.78, 5) is 22.5. The zero-order chi connectivity index (χ0) is 16.0. The summed E-state index contributed by atoms with van der Waals surface area (Å²) >= 11 is 0. The number of nitrogens with one attached hydrogen (secondary N) is 1. The van der Waals surface area contributed by atoms with E-state index in [9.17, 15) is 14.9 Å². The molecule has 1 atom stereocenters. The van der Waals surface area contributed by atoms with E-state index < -0.39 is 4.92 Å². The number of carbonyl (C=O) groups is 1. The Bertz CT molecular complexity index is 812. The van der Waals surface area contributed by atoms with E-state index in [1.807, 2.05) is 0 Å². The highest BCUT2D eigenvalue weighted by atomic mass is 16.6. The topological polar surface area (TPSA) is 72.2 Å². The lowest BCUT2D eigenvalue weighted by molar-refractivity contribution is -0.384. The normalized spacial score (nSPS) is 19.0. The molecule has 2 aliphatic rings. The van der Waals surface area contributed by atoms with Crippen molar-refractivity contribution in [3.63, 3.8) is 0 Å². The van der Waals surface area contributed by atoms with Gasteiger partial charge in [0, 0.05) is 30.2 Å². The number of anilines is 1. The molecule has 0 unspecified atom stereocenters. The number of nitrogens with zero attached hydrogens (tertiary/aromatic N) is 1. The van der Waals surface area contributed by atoms with Crippen molar-refractivity contribution in [2.24, 2.45) is 0 Å². The molecule has 0 spiro atoms. The predicted octanol–water partition coefficient (Wildman–Crippen LogP) is 3.56. The molecule has 23 heavy (non-hydrogen) atoms. The van der Waals surface area contributed by atoms with E-state index in [0.717, 1.165) is 36.1 Å². The predicted molar refractivity (Wildman–Crippen MR) is 86.7 cm³/mol. The number of aryl methyl sites for hydroxylation is 2. The molecule has 5 heteroatoms. The lowest BCUT2D eigenvalue weighted by atomic mass is 9.83. The third-order valence-corrected chi connectivity index (χ3v) is 4.81. The Morgan fingerprint density at radius 1 is 1.09 bits per heavy atom. The number of fused-ring (bicyclic) bond motifs is 2. The molecule has 0 saturated carbocycles. The van der Waals surface area contributed by atoms with Crippen LogP contribution in [-0.4, -0.2) is 10.8 Å². The standard InChI is InChI=1S/C18H16N2O3/c21-18-10-15(11-4-6-14(7-5-11)20(22)23)16-8-12-2-1-3-13(12)9-17(16)19-18/h4-9,15H,1-3,10H2,(H,19,21)/t15-/m0/s1. The number of nitro benzene ring substituents is 1. The van der Waals surface area contributed by atoms with Crippen molar-refractivity contribution in [3.8, 4) is 0 Å². The number of benzene rings is 2. The van der Waals surface area contributed by atoms with Gasteiger partial charge in [-0.1, -0.05) is 18.2 Å². The maximum Gasteiger partial charge on any atom is 0.269 e. The Labute approximate surface area is 133 Å². The number of carbonyl (C=O) groups excluding carboxylic acids is 1. The maximum absolute atomic E-state index is 12.1. The van der Waals surface area contributed by atoms with Crippen LogP contribution in [0.1, 0.15) is 41.0 Å². The summed E-state index contributed by atoms with van der Waals surface area (Å²) in [5.74, 6) is -0.0377. The summed E-state index contributed by atoms with van der Waals surface area (Å²) in [6.45, 7) is 0. The fourth-order valence-electron chi connectivity index (χ4n) is 3.66. The van der Waals surface area contributed by atoms with Crippen LogP contribution >= 0.6 is 0 Å². The van der Waals surface area contributed by atoms with Crippen molar-refractivity contribution in [1.29, 1.82) is 0 Å². The molecule has 0 saturated heterocycles. The van der Waals surface area contributed by atoms with E-state index in [0.29, 0.717) is 6.42 Å². The molecule has 116 valence electrons. The monoisotopic (exact) mass is 308 g/mol. The molecule has 1 aliphatic carbocycles. The highest BCUT2D eigenvalue weighted by molar-refractivity contribution is 5.95. The molecule has 0 fully saturated rings. The van der Waals surface area contributed by atoms with Crippen LogP contribution in [0.25, 0.3) is 0 Å². The van der Waals surface area contributed by atoms with Crippen LogP contribution in [-0.2, 0) is 17.6 Å². The van der Waals surface area contributed by atoms with Gasteiger partial charge < -0.3 is 5.32 Å². The summed E-state index contributed by atoms with van der Waals surface area (Å²) in [5, 5.41) is 13.8. The van der Waals surface area contributed by atoms with Crippen molar-refractivity contribution >= 4 is 17.3 Å². The maximum atomic E-state index is 12.1. The van der Waals surface area contributed by atoms with Crippen molar-refractivity contribution in [3.05, 3.63) is 68.8 Å². The Balaban J connectivity index is 1.78. The number of amides is 1. The average molecular weight is 308 g/mol. The first-order valence-corrected chi connectivity index (χ1v) is 7.82. The smallest absolute Gasteiger partial charge is 0.269 e. The van der Waals surface area contributed by atoms with Gasteiger partial charge in [0.1, 0.15) is 0 Å². The van der Waals surface area contributed by atoms with Gasteiger partial charge in [-0.2, -0.15) is 0 Å². The first-order chi connectivity index (χ1) is 11.1. The van der Waals surface area contributed by atoms with E-state index in [4.69, 9.17) is 0 Å². The Hall–Kier alpha value is -2.69. The summed E-state index contributed by atoms with van der Waals surface area (Å²) in [7, 11) is 0. The third-order valence-electron chi connectivity index (χ3n) is 4.81. The minimum Gasteiger partial charge on any atom is -0.326 e. The largest absolute Gasteiger partial charge is 0.326 e. The van der Waals surface area contributed by atoms with Gasteiger partial charge in [-0.15, -0.1) is 0 Å². The highest BCUT2D eigenvalue weighted by Crippen LogP contribution is 2.40. The minimum absolute atomic E-state index is 0.00111. The highest BCUT2D eigenvalue weighted by Gasteiger charge is 2.28. The summed E-state index contributed by atoms with van der Waals surface area (Å²) in [5.41, 5.74) is 5.73. The number of non-ortho nitro benzene ring substituents is 1. The molecular formula is C18H16N2O3. The molecule has 1 amide bonds. The van der Waals surface area contributed by atoms with Gasteiger partial charge in [0.05, 0.1) is 4.92 Å². The van der Waals surface area contributed by atoms with Gasteiger partial charge in [0.2, 0.25) is 5.91 Å². The molecule has 1 aliphatic heterocycles. The van der Waals surface area contributed by atoms with Crippen molar-refractivity contribution in [2.45, 2.75) is 31.6 Å². The summed E-state index contributed by atoms with van der Waals surface area (Å²) in [6.07, 6.45) is 3.70. The zero-order valence-electron chi connectivity index (χ0n) is 12.5. The number of nitro groups is 1. The Kier molecular flexibility index (Phi) is 3.15. The second-order valence-corrected chi connectivity index (χ2v) is 6.22. The number of rotatable bonds is 2. The second kappa shape index (κ2) is 5.19. The number of hydrogen-bond acceptors (Lipinski definition) is 3. The first-order valence-electron chi connectivity index (χ1n) is 7.82. The van der Waals surface area contributed by atoms with E-state index >= 15 is 0 Å². The summed E-state index contributed by atoms with van der Waals surface area (Å²) in [6, 6.07) is 10.9. The fourth-order valence-corrected chi connectivity index (χ4v) is 3.66. The average Bonchev–Trinajstić information content (AvgIpc) is 2.99. The molecular weight excluding hydrogens is 292 g/mol. The summed E-state index contributed by atoms with van der Waals surface area (Å²) < 4.78 is 0. The Morgan fingerprint density at radius 2 is 1.78 bits per heavy atom. The van der Waals surface area contributed by atoms with Crippen LogP contribution in [0.15, 0.2) is 36.4 Å². The van der Waals surface area contributed by atoms with E-state index in [1.165, 1.54) is 23.3 Å². The van der Waals surface area contributed by atoms with Crippen molar-refractivity contribution < 1.29 is 9.72 Å². The van der Waals surface area contributed by atoms with E-state index in [-0.39, 0.29) is 17.5 Å². The van der Waals surface area contributed by atoms with Crippen LogP contribution in [0.5, 0.6) is 0 Å². The van der Waals surface area contributed by atoms with Crippen molar-refractivity contribution in [1.82, 2.24) is 0 Å². The van der Waals surface area contributed by atoms with Crippen LogP contribution in [0, 0.1) is 10.1 Å². The molecule has 1 heterocycles. The second-order valence-electron chi connectivity index (χ2n) is 6.22. The minimum atomic E-state index is -0.405. The van der Waals surface area contributed by atoms with Gasteiger partial charge in [-0.3, -0.25) is 14.9 Å². The van der Waals surface area contributed by atoms with Crippen molar-refractivity contribution in [2.75, 3.05) is 5.32 Å². The zero-order valence-corrected chi connectivity index (χ0v) is 12.5. The SMILES string of the molecule is O=C1C[C@@H](c2ccc([N+](=O)[O-])cc2)c2cc3c(cc2N1)CCC3. The van der Waals surface area contributed by atoms with Gasteiger partial charge in [-0.05, 0) is 47.6 Å². The molecule has 2 aromatic rings. The van der Waals surface area contributed by atoms with Gasteiger partial charge >= 0.3 is 0 Å². The van der Waals surface area contributed by atoms with Gasteiger partial charge in [0.15, 0.2) is 0 Å². The molecule has 2 aromatic carbocycles. The molecule has 5 nitrogen and oxygen atoms in total. The lowest BCUT2D eigenvalue weighted by Crippen LogP contribution is -2.23. The van der Waals surface area contributed by atoms with Crippen LogP contribution in [0.3, 0.4) is 0 Å². The fraction of sp³-hybridized carbons (Fsp3) is 0.278. The van der Waals surface area contributed by atoms with E-state index in [2.05, 4.69) is 17.4 Å². The van der Waals surface area contributed by atoms with Gasteiger partial charge in [-0.25, -0.2) is 0 Å². The van der Waals surface area contributed by atoms with Crippen LogP contribution < -0.4 is 5.32 Å².